The lowest BCUT2D eigenvalue weighted by molar-refractivity contribution is -0.122. The molecule has 0 aliphatic carbocycles. The second kappa shape index (κ2) is 6.68. The van der Waals surface area contributed by atoms with Gasteiger partial charge < -0.3 is 15.4 Å². The molecule has 1 aliphatic heterocycles. The number of carbonyl (C=O) groups excluding carboxylic acids is 1. The summed E-state index contributed by atoms with van der Waals surface area (Å²) in [5.41, 5.74) is 9.17. The first-order valence-corrected chi connectivity index (χ1v) is 6.87. The van der Waals surface area contributed by atoms with Crippen LogP contribution in [-0.4, -0.2) is 32.7 Å². The van der Waals surface area contributed by atoms with Gasteiger partial charge in [0.2, 0.25) is 0 Å². The van der Waals surface area contributed by atoms with Crippen LogP contribution in [0.25, 0.3) is 0 Å². The lowest BCUT2D eigenvalue weighted by Gasteiger charge is -2.17. The summed E-state index contributed by atoms with van der Waals surface area (Å²) in [6, 6.07) is 6.41. The molecule has 4 nitrogen and oxygen atoms in total. The monoisotopic (exact) mass is 262 g/mol. The number of amides is 1. The Morgan fingerprint density at radius 1 is 1.42 bits per heavy atom. The number of unbranched alkanes of at least 4 members (excludes halogenated alkanes) is 1. The van der Waals surface area contributed by atoms with Crippen LogP contribution >= 0.6 is 0 Å². The van der Waals surface area contributed by atoms with Gasteiger partial charge in [-0.25, -0.2) is 0 Å². The largest absolute Gasteiger partial charge is 0.375 e. The third kappa shape index (κ3) is 3.33. The van der Waals surface area contributed by atoms with Gasteiger partial charge in [-0.05, 0) is 49.4 Å². The third-order valence-corrected chi connectivity index (χ3v) is 3.53. The SMILES string of the molecule is COCC(=O)N1CCc2cc(CCCCN)ccc21. The zero-order valence-corrected chi connectivity index (χ0v) is 11.5. The average molecular weight is 262 g/mol. The molecule has 4 heteroatoms. The molecule has 1 amide bonds. The number of benzene rings is 1. The standard InChI is InChI=1S/C15H22N2O2/c1-19-11-15(18)17-9-7-13-10-12(4-2-3-8-16)5-6-14(13)17/h5-6,10H,2-4,7-9,11,16H2,1H3. The van der Waals surface area contributed by atoms with Gasteiger partial charge in [-0.15, -0.1) is 0 Å². The first-order valence-electron chi connectivity index (χ1n) is 6.87. The molecule has 0 atom stereocenters. The van der Waals surface area contributed by atoms with Crippen molar-refractivity contribution in [3.05, 3.63) is 29.3 Å². The van der Waals surface area contributed by atoms with Crippen LogP contribution in [0.5, 0.6) is 0 Å². The molecule has 104 valence electrons. The topological polar surface area (TPSA) is 55.6 Å². The first kappa shape index (κ1) is 14.0. The summed E-state index contributed by atoms with van der Waals surface area (Å²) in [7, 11) is 1.55. The molecule has 0 fully saturated rings. The molecule has 19 heavy (non-hydrogen) atoms. The van der Waals surface area contributed by atoms with Crippen LogP contribution < -0.4 is 10.6 Å². The Bertz CT molecular complexity index is 446. The van der Waals surface area contributed by atoms with Gasteiger partial charge in [0.1, 0.15) is 6.61 Å². The number of carbonyl (C=O) groups is 1. The van der Waals surface area contributed by atoms with Crippen molar-refractivity contribution in [2.24, 2.45) is 5.73 Å². The van der Waals surface area contributed by atoms with Crippen molar-refractivity contribution in [2.45, 2.75) is 25.7 Å². The van der Waals surface area contributed by atoms with Gasteiger partial charge in [0, 0.05) is 19.3 Å². The highest BCUT2D eigenvalue weighted by molar-refractivity contribution is 5.96. The normalized spacial score (nSPS) is 13.7. The molecule has 0 unspecified atom stereocenters. The molecule has 1 heterocycles. The minimum absolute atomic E-state index is 0.0390. The van der Waals surface area contributed by atoms with E-state index < -0.39 is 0 Å². The van der Waals surface area contributed by atoms with E-state index in [9.17, 15) is 4.79 Å². The van der Waals surface area contributed by atoms with Crippen LogP contribution in [0.4, 0.5) is 5.69 Å². The van der Waals surface area contributed by atoms with Crippen molar-refractivity contribution in [1.29, 1.82) is 0 Å². The Balaban J connectivity index is 2.05. The Morgan fingerprint density at radius 2 is 2.26 bits per heavy atom. The van der Waals surface area contributed by atoms with Crippen molar-refractivity contribution in [3.8, 4) is 0 Å². The zero-order chi connectivity index (χ0) is 13.7. The Hall–Kier alpha value is -1.39. The minimum Gasteiger partial charge on any atom is -0.375 e. The summed E-state index contributed by atoms with van der Waals surface area (Å²) in [4.78, 5) is 13.7. The van der Waals surface area contributed by atoms with Gasteiger partial charge in [0.15, 0.2) is 0 Å². The molecule has 2 rings (SSSR count). The van der Waals surface area contributed by atoms with Crippen LogP contribution in [0.2, 0.25) is 0 Å². The number of hydrogen-bond donors (Lipinski definition) is 1. The van der Waals surface area contributed by atoms with E-state index in [2.05, 4.69) is 18.2 Å². The predicted octanol–water partition coefficient (Wildman–Crippen LogP) is 1.50. The Morgan fingerprint density at radius 3 is 3.00 bits per heavy atom. The Kier molecular flexibility index (Phi) is 4.93. The maximum atomic E-state index is 11.9. The van der Waals surface area contributed by atoms with E-state index >= 15 is 0 Å². The van der Waals surface area contributed by atoms with Gasteiger partial charge in [-0.3, -0.25) is 4.79 Å². The molecule has 0 saturated carbocycles. The van der Waals surface area contributed by atoms with E-state index in [4.69, 9.17) is 10.5 Å². The lowest BCUT2D eigenvalue weighted by Crippen LogP contribution is -2.31. The van der Waals surface area contributed by atoms with Crippen molar-refractivity contribution in [1.82, 2.24) is 0 Å². The van der Waals surface area contributed by atoms with Crippen LogP contribution in [0.15, 0.2) is 18.2 Å². The highest BCUT2D eigenvalue weighted by Gasteiger charge is 2.24. The zero-order valence-electron chi connectivity index (χ0n) is 11.5. The van der Waals surface area contributed by atoms with Gasteiger partial charge >= 0.3 is 0 Å². The molecule has 0 radical (unpaired) electrons. The molecule has 0 saturated heterocycles. The number of ether oxygens (including phenoxy) is 1. The number of aryl methyl sites for hydroxylation is 1. The van der Waals surface area contributed by atoms with Crippen LogP contribution in [-0.2, 0) is 22.4 Å². The fourth-order valence-corrected chi connectivity index (χ4v) is 2.54. The van der Waals surface area contributed by atoms with E-state index in [1.165, 1.54) is 11.1 Å². The van der Waals surface area contributed by atoms with Gasteiger partial charge in [-0.1, -0.05) is 12.1 Å². The minimum atomic E-state index is 0.0390. The van der Waals surface area contributed by atoms with Crippen molar-refractivity contribution in [3.63, 3.8) is 0 Å². The molecule has 1 aromatic rings. The summed E-state index contributed by atoms with van der Waals surface area (Å²) in [6.07, 6.45) is 4.20. The molecule has 1 aromatic carbocycles. The summed E-state index contributed by atoms with van der Waals surface area (Å²) in [5, 5.41) is 0. The number of nitrogens with zero attached hydrogens (tertiary/aromatic N) is 1. The third-order valence-electron chi connectivity index (χ3n) is 3.53. The molecule has 0 bridgehead atoms. The van der Waals surface area contributed by atoms with E-state index in [1.807, 2.05) is 4.90 Å². The van der Waals surface area contributed by atoms with Gasteiger partial charge in [-0.2, -0.15) is 0 Å². The summed E-state index contributed by atoms with van der Waals surface area (Å²) in [5.74, 6) is 0.0390. The smallest absolute Gasteiger partial charge is 0.252 e. The fourth-order valence-electron chi connectivity index (χ4n) is 2.54. The number of fused-ring (bicyclic) bond motifs is 1. The average Bonchev–Trinajstić information content (AvgIpc) is 2.82. The lowest BCUT2D eigenvalue weighted by atomic mass is 10.0. The summed E-state index contributed by atoms with van der Waals surface area (Å²) < 4.78 is 4.92. The first-order chi connectivity index (χ1) is 9.26. The molecular formula is C15H22N2O2. The van der Waals surface area contributed by atoms with Crippen molar-refractivity contribution >= 4 is 11.6 Å². The highest BCUT2D eigenvalue weighted by Crippen LogP contribution is 2.29. The number of hydrogen-bond acceptors (Lipinski definition) is 3. The molecule has 0 aromatic heterocycles. The maximum Gasteiger partial charge on any atom is 0.252 e. The number of rotatable bonds is 6. The van der Waals surface area contributed by atoms with Crippen LogP contribution in [0, 0.1) is 0 Å². The van der Waals surface area contributed by atoms with Crippen molar-refractivity contribution < 1.29 is 9.53 Å². The van der Waals surface area contributed by atoms with Crippen LogP contribution in [0.1, 0.15) is 24.0 Å². The summed E-state index contributed by atoms with van der Waals surface area (Å²) in [6.45, 7) is 1.67. The quantitative estimate of drug-likeness (QED) is 0.791. The van der Waals surface area contributed by atoms with E-state index in [0.717, 1.165) is 44.5 Å². The Labute approximate surface area is 114 Å². The van der Waals surface area contributed by atoms with Crippen molar-refractivity contribution in [2.75, 3.05) is 31.7 Å². The van der Waals surface area contributed by atoms with Gasteiger partial charge in [0.05, 0.1) is 0 Å². The highest BCUT2D eigenvalue weighted by atomic mass is 16.5. The van der Waals surface area contributed by atoms with Gasteiger partial charge in [0.25, 0.3) is 5.91 Å². The molecular weight excluding hydrogens is 240 g/mol. The number of nitrogens with two attached hydrogens (primary N) is 1. The van der Waals surface area contributed by atoms with E-state index in [-0.39, 0.29) is 12.5 Å². The number of anilines is 1. The molecule has 1 aliphatic rings. The van der Waals surface area contributed by atoms with E-state index in [0.29, 0.717) is 0 Å². The maximum absolute atomic E-state index is 11.9. The molecule has 0 spiro atoms. The predicted molar refractivity (Wildman–Crippen MR) is 76.4 cm³/mol. The molecule has 2 N–H and O–H groups in total. The fraction of sp³-hybridized carbons (Fsp3) is 0.533. The summed E-state index contributed by atoms with van der Waals surface area (Å²) >= 11 is 0. The number of methoxy groups -OCH3 is 1. The second-order valence-electron chi connectivity index (χ2n) is 4.94. The second-order valence-corrected chi connectivity index (χ2v) is 4.94. The van der Waals surface area contributed by atoms with E-state index in [1.54, 1.807) is 7.11 Å². The van der Waals surface area contributed by atoms with Crippen LogP contribution in [0.3, 0.4) is 0 Å².